The lowest BCUT2D eigenvalue weighted by molar-refractivity contribution is 0.0949. The smallest absolute Gasteiger partial charge is 0.271 e. The van der Waals surface area contributed by atoms with Crippen molar-refractivity contribution >= 4 is 27.5 Å². The van der Waals surface area contributed by atoms with Crippen molar-refractivity contribution in [1.29, 1.82) is 0 Å². The molecular weight excluding hydrogens is 308 g/mol. The standard InChI is InChI=1S/C17H20N4OS/c1-11(2)9-12-10-14(21-20-12)17(22)18-8-7-16-19-13-5-3-4-6-15(13)23-16/h3-6,10-11H,7-9H2,1-2H3,(H,18,22)(H,20,21). The SMILES string of the molecule is CC(C)Cc1cc(C(=O)NCCc2nc3ccccc3s2)n[nH]1. The highest BCUT2D eigenvalue weighted by Gasteiger charge is 2.11. The van der Waals surface area contributed by atoms with Crippen molar-refractivity contribution < 1.29 is 4.79 Å². The number of amides is 1. The molecule has 2 heterocycles. The van der Waals surface area contributed by atoms with Crippen LogP contribution in [0.2, 0.25) is 0 Å². The third kappa shape index (κ3) is 3.96. The van der Waals surface area contributed by atoms with Crippen LogP contribution in [0.3, 0.4) is 0 Å². The number of carbonyl (C=O) groups excluding carboxylic acids is 1. The Morgan fingerprint density at radius 2 is 2.17 bits per heavy atom. The average molecular weight is 328 g/mol. The van der Waals surface area contributed by atoms with Crippen LogP contribution in [0, 0.1) is 5.92 Å². The van der Waals surface area contributed by atoms with Gasteiger partial charge in [-0.15, -0.1) is 11.3 Å². The molecule has 5 nitrogen and oxygen atoms in total. The van der Waals surface area contributed by atoms with Crippen molar-refractivity contribution in [2.24, 2.45) is 5.92 Å². The van der Waals surface area contributed by atoms with Crippen molar-refractivity contribution in [2.75, 3.05) is 6.54 Å². The molecule has 0 fully saturated rings. The molecular formula is C17H20N4OS. The molecule has 0 unspecified atom stereocenters. The van der Waals surface area contributed by atoms with Crippen LogP contribution in [-0.2, 0) is 12.8 Å². The van der Waals surface area contributed by atoms with E-state index < -0.39 is 0 Å². The molecule has 2 aromatic heterocycles. The number of hydrogen-bond donors (Lipinski definition) is 2. The molecule has 6 heteroatoms. The highest BCUT2D eigenvalue weighted by atomic mass is 32.1. The highest BCUT2D eigenvalue weighted by Crippen LogP contribution is 2.21. The Morgan fingerprint density at radius 1 is 1.35 bits per heavy atom. The number of benzene rings is 1. The Balaban J connectivity index is 1.53. The lowest BCUT2D eigenvalue weighted by Gasteiger charge is -2.01. The van der Waals surface area contributed by atoms with Crippen molar-refractivity contribution in [3.8, 4) is 0 Å². The number of carbonyl (C=O) groups is 1. The molecule has 0 atom stereocenters. The van der Waals surface area contributed by atoms with E-state index in [1.54, 1.807) is 11.3 Å². The quantitative estimate of drug-likeness (QED) is 0.730. The van der Waals surface area contributed by atoms with Gasteiger partial charge in [0.1, 0.15) is 5.69 Å². The maximum atomic E-state index is 12.1. The second-order valence-electron chi connectivity index (χ2n) is 5.96. The average Bonchev–Trinajstić information content (AvgIpc) is 3.12. The molecule has 0 saturated carbocycles. The number of rotatable bonds is 6. The van der Waals surface area contributed by atoms with Gasteiger partial charge in [-0.25, -0.2) is 4.98 Å². The Bertz CT molecular complexity index is 773. The van der Waals surface area contributed by atoms with Crippen LogP contribution >= 0.6 is 11.3 Å². The van der Waals surface area contributed by atoms with Gasteiger partial charge in [-0.1, -0.05) is 26.0 Å². The number of nitrogens with zero attached hydrogens (tertiary/aromatic N) is 2. The van der Waals surface area contributed by atoms with Crippen LogP contribution in [-0.4, -0.2) is 27.6 Å². The lowest BCUT2D eigenvalue weighted by Crippen LogP contribution is -2.26. The summed E-state index contributed by atoms with van der Waals surface area (Å²) in [7, 11) is 0. The summed E-state index contributed by atoms with van der Waals surface area (Å²) in [4.78, 5) is 16.7. The van der Waals surface area contributed by atoms with E-state index in [9.17, 15) is 4.79 Å². The monoisotopic (exact) mass is 328 g/mol. The van der Waals surface area contributed by atoms with Crippen molar-refractivity contribution in [3.05, 3.63) is 46.7 Å². The minimum absolute atomic E-state index is 0.141. The van der Waals surface area contributed by atoms with Crippen LogP contribution in [0.1, 0.15) is 35.0 Å². The Kier molecular flexibility index (Phi) is 4.71. The van der Waals surface area contributed by atoms with Gasteiger partial charge in [0.15, 0.2) is 0 Å². The van der Waals surface area contributed by atoms with Crippen LogP contribution < -0.4 is 5.32 Å². The maximum absolute atomic E-state index is 12.1. The maximum Gasteiger partial charge on any atom is 0.271 e. The number of fused-ring (bicyclic) bond motifs is 1. The summed E-state index contributed by atoms with van der Waals surface area (Å²) in [6.45, 7) is 4.84. The van der Waals surface area contributed by atoms with E-state index in [2.05, 4.69) is 40.4 Å². The summed E-state index contributed by atoms with van der Waals surface area (Å²) in [5.41, 5.74) is 2.46. The third-order valence-corrected chi connectivity index (χ3v) is 4.55. The third-order valence-electron chi connectivity index (χ3n) is 3.45. The summed E-state index contributed by atoms with van der Waals surface area (Å²) in [6.07, 6.45) is 1.63. The number of H-pyrrole nitrogens is 1. The van der Waals surface area contributed by atoms with Crippen LogP contribution in [0.5, 0.6) is 0 Å². The van der Waals surface area contributed by atoms with Crippen molar-refractivity contribution in [3.63, 3.8) is 0 Å². The second kappa shape index (κ2) is 6.91. The molecule has 0 aliphatic carbocycles. The van der Waals surface area contributed by atoms with Crippen molar-refractivity contribution in [2.45, 2.75) is 26.7 Å². The number of thiazole rings is 1. The molecule has 120 valence electrons. The zero-order chi connectivity index (χ0) is 16.2. The predicted molar refractivity (Wildman–Crippen MR) is 92.8 cm³/mol. The van der Waals surface area contributed by atoms with Crippen LogP contribution in [0.4, 0.5) is 0 Å². The van der Waals surface area contributed by atoms with E-state index in [1.165, 1.54) is 4.70 Å². The molecule has 0 saturated heterocycles. The van der Waals surface area contributed by atoms with Crippen LogP contribution in [0.25, 0.3) is 10.2 Å². The molecule has 1 aromatic carbocycles. The summed E-state index contributed by atoms with van der Waals surface area (Å²) >= 11 is 1.67. The predicted octanol–water partition coefficient (Wildman–Crippen LogP) is 3.19. The van der Waals surface area contributed by atoms with Gasteiger partial charge in [0.25, 0.3) is 5.91 Å². The fourth-order valence-electron chi connectivity index (χ4n) is 2.42. The van der Waals surface area contributed by atoms with E-state index >= 15 is 0 Å². The first-order valence-electron chi connectivity index (χ1n) is 7.79. The summed E-state index contributed by atoms with van der Waals surface area (Å²) in [5, 5.41) is 10.9. The first-order chi connectivity index (χ1) is 11.1. The molecule has 0 aliphatic heterocycles. The first kappa shape index (κ1) is 15.7. The Labute approximate surface area is 139 Å². The van der Waals surface area contributed by atoms with Gasteiger partial charge in [-0.05, 0) is 30.5 Å². The molecule has 0 aliphatic rings. The van der Waals surface area contributed by atoms with E-state index in [1.807, 2.05) is 24.3 Å². The molecule has 0 bridgehead atoms. The van der Waals surface area contributed by atoms with Gasteiger partial charge < -0.3 is 5.32 Å². The molecule has 3 rings (SSSR count). The zero-order valence-electron chi connectivity index (χ0n) is 13.3. The molecule has 23 heavy (non-hydrogen) atoms. The van der Waals surface area contributed by atoms with Gasteiger partial charge in [-0.3, -0.25) is 9.89 Å². The minimum atomic E-state index is -0.141. The molecule has 1 amide bonds. The Hall–Kier alpha value is -2.21. The number of aromatic amines is 1. The topological polar surface area (TPSA) is 70.7 Å². The van der Waals surface area contributed by atoms with E-state index in [0.717, 1.165) is 29.1 Å². The fourth-order valence-corrected chi connectivity index (χ4v) is 3.39. The van der Waals surface area contributed by atoms with Gasteiger partial charge in [0.2, 0.25) is 0 Å². The number of hydrogen-bond acceptors (Lipinski definition) is 4. The van der Waals surface area contributed by atoms with Gasteiger partial charge >= 0.3 is 0 Å². The highest BCUT2D eigenvalue weighted by molar-refractivity contribution is 7.18. The largest absolute Gasteiger partial charge is 0.350 e. The first-order valence-corrected chi connectivity index (χ1v) is 8.60. The summed E-state index contributed by atoms with van der Waals surface area (Å²) in [6, 6.07) is 9.90. The normalized spacial score (nSPS) is 11.3. The van der Waals surface area contributed by atoms with E-state index in [-0.39, 0.29) is 5.91 Å². The molecule has 3 aromatic rings. The van der Waals surface area contributed by atoms with Gasteiger partial charge in [-0.2, -0.15) is 5.10 Å². The molecule has 0 spiro atoms. The molecule has 0 radical (unpaired) electrons. The Morgan fingerprint density at radius 3 is 2.96 bits per heavy atom. The van der Waals surface area contributed by atoms with Crippen molar-refractivity contribution in [1.82, 2.24) is 20.5 Å². The van der Waals surface area contributed by atoms with E-state index in [4.69, 9.17) is 0 Å². The van der Waals surface area contributed by atoms with E-state index in [0.29, 0.717) is 18.2 Å². The number of aromatic nitrogens is 3. The fraction of sp³-hybridized carbons (Fsp3) is 0.353. The van der Waals surface area contributed by atoms with Gasteiger partial charge in [0, 0.05) is 18.7 Å². The lowest BCUT2D eigenvalue weighted by atomic mass is 10.1. The van der Waals surface area contributed by atoms with Crippen LogP contribution in [0.15, 0.2) is 30.3 Å². The zero-order valence-corrected chi connectivity index (χ0v) is 14.1. The van der Waals surface area contributed by atoms with Gasteiger partial charge in [0.05, 0.1) is 15.2 Å². The summed E-state index contributed by atoms with van der Waals surface area (Å²) < 4.78 is 1.18. The number of nitrogens with one attached hydrogen (secondary N) is 2. The second-order valence-corrected chi connectivity index (χ2v) is 7.07. The molecule has 2 N–H and O–H groups in total. The summed E-state index contributed by atoms with van der Waals surface area (Å²) in [5.74, 6) is 0.391. The number of para-hydroxylation sites is 1. The minimum Gasteiger partial charge on any atom is -0.350 e.